The van der Waals surface area contributed by atoms with Gasteiger partial charge in [-0.15, -0.1) is 0 Å². The Hall–Kier alpha value is -1.82. The Kier molecular flexibility index (Phi) is 4.21. The Morgan fingerprint density at radius 3 is 2.89 bits per heavy atom. The van der Waals surface area contributed by atoms with Gasteiger partial charge in [-0.05, 0) is 25.1 Å². The summed E-state index contributed by atoms with van der Waals surface area (Å²) in [4.78, 5) is 0.601. The van der Waals surface area contributed by atoms with E-state index in [4.69, 9.17) is 10.5 Å². The van der Waals surface area contributed by atoms with E-state index in [1.807, 2.05) is 17.8 Å². The van der Waals surface area contributed by atoms with Crippen LogP contribution in [0.4, 0.5) is 5.69 Å². The number of anilines is 1. The van der Waals surface area contributed by atoms with Gasteiger partial charge in [-0.2, -0.15) is 5.10 Å². The summed E-state index contributed by atoms with van der Waals surface area (Å²) in [5, 5.41) is 4.16. The zero-order valence-electron chi connectivity index (χ0n) is 11.0. The number of benzene rings is 1. The van der Waals surface area contributed by atoms with E-state index < -0.39 is 10.8 Å². The number of nitrogens with zero attached hydrogens (tertiary/aromatic N) is 2. The Balaban J connectivity index is 2.19. The van der Waals surface area contributed by atoms with Crippen molar-refractivity contribution in [2.45, 2.75) is 24.1 Å². The first-order valence-electron chi connectivity index (χ1n) is 5.97. The summed E-state index contributed by atoms with van der Waals surface area (Å²) >= 11 is 0. The lowest BCUT2D eigenvalue weighted by Gasteiger charge is -2.07. The molecule has 2 aromatic rings. The Labute approximate surface area is 114 Å². The normalized spacial score (nSPS) is 12.3. The van der Waals surface area contributed by atoms with E-state index in [0.717, 1.165) is 12.1 Å². The van der Waals surface area contributed by atoms with Crippen LogP contribution in [0.1, 0.15) is 12.5 Å². The highest BCUT2D eigenvalue weighted by Gasteiger charge is 2.11. The molecule has 0 saturated heterocycles. The number of ether oxygens (including phenoxy) is 1. The van der Waals surface area contributed by atoms with E-state index in [0.29, 0.717) is 22.1 Å². The van der Waals surface area contributed by atoms with Gasteiger partial charge in [0.15, 0.2) is 0 Å². The van der Waals surface area contributed by atoms with Crippen molar-refractivity contribution in [1.82, 2.24) is 9.78 Å². The quantitative estimate of drug-likeness (QED) is 0.847. The number of rotatable bonds is 5. The van der Waals surface area contributed by atoms with Crippen molar-refractivity contribution >= 4 is 16.5 Å². The molecule has 2 rings (SSSR count). The minimum Gasteiger partial charge on any atom is -0.497 e. The average Bonchev–Trinajstić information content (AvgIpc) is 2.87. The fourth-order valence-corrected chi connectivity index (χ4v) is 2.91. The molecule has 1 unspecified atom stereocenters. The topological polar surface area (TPSA) is 70.1 Å². The third-order valence-electron chi connectivity index (χ3n) is 2.77. The van der Waals surface area contributed by atoms with Gasteiger partial charge in [0, 0.05) is 24.0 Å². The van der Waals surface area contributed by atoms with Gasteiger partial charge in [-0.3, -0.25) is 8.89 Å². The number of hydrogen-bond donors (Lipinski definition) is 1. The van der Waals surface area contributed by atoms with E-state index >= 15 is 0 Å². The van der Waals surface area contributed by atoms with E-state index in [1.54, 1.807) is 31.5 Å². The SMILES string of the molecule is CCn1cc(CS(=O)c2cc(OC)ccc2N)cn1. The second-order valence-corrected chi connectivity index (χ2v) is 5.52. The summed E-state index contributed by atoms with van der Waals surface area (Å²) in [6, 6.07) is 5.18. The van der Waals surface area contributed by atoms with Crippen LogP contribution in [0.5, 0.6) is 5.75 Å². The van der Waals surface area contributed by atoms with Crippen LogP contribution < -0.4 is 10.5 Å². The number of hydrogen-bond acceptors (Lipinski definition) is 4. The van der Waals surface area contributed by atoms with Gasteiger partial charge in [-0.25, -0.2) is 0 Å². The van der Waals surface area contributed by atoms with Crippen LogP contribution in [0.15, 0.2) is 35.5 Å². The lowest BCUT2D eigenvalue weighted by Crippen LogP contribution is -2.01. The van der Waals surface area contributed by atoms with Crippen LogP contribution in [0, 0.1) is 0 Å². The van der Waals surface area contributed by atoms with E-state index in [1.165, 1.54) is 0 Å². The van der Waals surface area contributed by atoms with Gasteiger partial charge in [0.25, 0.3) is 0 Å². The lowest BCUT2D eigenvalue weighted by molar-refractivity contribution is 0.413. The molecular formula is C13H17N3O2S. The molecule has 1 atom stereocenters. The maximum absolute atomic E-state index is 12.3. The standard InChI is InChI=1S/C13H17N3O2S/c1-3-16-8-10(7-15-16)9-19(17)13-6-11(18-2)4-5-12(13)14/h4-8H,3,9,14H2,1-2H3. The molecule has 5 nitrogen and oxygen atoms in total. The minimum atomic E-state index is -1.20. The van der Waals surface area contributed by atoms with Crippen molar-refractivity contribution in [3.8, 4) is 5.75 Å². The molecule has 0 saturated carbocycles. The summed E-state index contributed by atoms with van der Waals surface area (Å²) in [5.41, 5.74) is 7.31. The maximum Gasteiger partial charge on any atom is 0.120 e. The molecule has 1 aromatic carbocycles. The number of nitrogen functional groups attached to an aromatic ring is 1. The van der Waals surface area contributed by atoms with Gasteiger partial charge in [0.05, 0.1) is 34.8 Å². The third kappa shape index (κ3) is 3.14. The van der Waals surface area contributed by atoms with Crippen LogP contribution in [0.2, 0.25) is 0 Å². The first kappa shape index (κ1) is 13.6. The molecule has 0 aliphatic heterocycles. The fraction of sp³-hybridized carbons (Fsp3) is 0.308. The number of aromatic nitrogens is 2. The maximum atomic E-state index is 12.3. The van der Waals surface area contributed by atoms with E-state index in [-0.39, 0.29) is 0 Å². The van der Waals surface area contributed by atoms with Gasteiger partial charge >= 0.3 is 0 Å². The molecule has 0 radical (unpaired) electrons. The zero-order valence-corrected chi connectivity index (χ0v) is 11.8. The van der Waals surface area contributed by atoms with Crippen LogP contribution in [-0.2, 0) is 23.1 Å². The summed E-state index contributed by atoms with van der Waals surface area (Å²) in [6.07, 6.45) is 3.63. The summed E-state index contributed by atoms with van der Waals surface area (Å²) in [6.45, 7) is 2.81. The van der Waals surface area contributed by atoms with Crippen LogP contribution in [0.3, 0.4) is 0 Å². The van der Waals surface area contributed by atoms with Crippen LogP contribution in [-0.4, -0.2) is 21.1 Å². The Bertz CT molecular complexity index is 595. The van der Waals surface area contributed by atoms with Crippen molar-refractivity contribution in [2.75, 3.05) is 12.8 Å². The lowest BCUT2D eigenvalue weighted by atomic mass is 10.3. The molecule has 0 spiro atoms. The molecule has 102 valence electrons. The molecule has 2 N–H and O–H groups in total. The summed E-state index contributed by atoms with van der Waals surface area (Å²) < 4.78 is 19.3. The molecule has 1 heterocycles. The highest BCUT2D eigenvalue weighted by molar-refractivity contribution is 7.84. The predicted molar refractivity (Wildman–Crippen MR) is 75.4 cm³/mol. The largest absolute Gasteiger partial charge is 0.497 e. The first-order chi connectivity index (χ1) is 9.13. The zero-order chi connectivity index (χ0) is 13.8. The third-order valence-corrected chi connectivity index (χ3v) is 4.21. The van der Waals surface area contributed by atoms with Gasteiger partial charge in [0.2, 0.25) is 0 Å². The highest BCUT2D eigenvalue weighted by atomic mass is 32.2. The Morgan fingerprint density at radius 2 is 2.26 bits per heavy atom. The monoisotopic (exact) mass is 279 g/mol. The highest BCUT2D eigenvalue weighted by Crippen LogP contribution is 2.24. The average molecular weight is 279 g/mol. The van der Waals surface area contributed by atoms with Gasteiger partial charge < -0.3 is 10.5 Å². The van der Waals surface area contributed by atoms with Crippen molar-refractivity contribution in [3.63, 3.8) is 0 Å². The van der Waals surface area contributed by atoms with E-state index in [2.05, 4.69) is 5.10 Å². The van der Waals surface area contributed by atoms with Crippen molar-refractivity contribution in [1.29, 1.82) is 0 Å². The second-order valence-electron chi connectivity index (χ2n) is 4.10. The molecule has 0 fully saturated rings. The summed E-state index contributed by atoms with van der Waals surface area (Å²) in [7, 11) is 0.368. The number of methoxy groups -OCH3 is 1. The smallest absolute Gasteiger partial charge is 0.120 e. The van der Waals surface area contributed by atoms with Crippen molar-refractivity contribution < 1.29 is 8.95 Å². The molecule has 19 heavy (non-hydrogen) atoms. The summed E-state index contributed by atoms with van der Waals surface area (Å²) in [5.74, 6) is 1.05. The Morgan fingerprint density at radius 1 is 1.47 bits per heavy atom. The molecule has 0 aliphatic carbocycles. The van der Waals surface area contributed by atoms with Crippen LogP contribution >= 0.6 is 0 Å². The molecule has 0 amide bonds. The van der Waals surface area contributed by atoms with Gasteiger partial charge in [-0.1, -0.05) is 0 Å². The predicted octanol–water partition coefficient (Wildman–Crippen LogP) is 1.80. The molecule has 1 aromatic heterocycles. The first-order valence-corrected chi connectivity index (χ1v) is 7.29. The van der Waals surface area contributed by atoms with Gasteiger partial charge in [0.1, 0.15) is 5.75 Å². The fourth-order valence-electron chi connectivity index (χ4n) is 1.72. The molecule has 6 heteroatoms. The number of aryl methyl sites for hydroxylation is 1. The van der Waals surface area contributed by atoms with Crippen molar-refractivity contribution in [2.24, 2.45) is 0 Å². The van der Waals surface area contributed by atoms with Crippen molar-refractivity contribution in [3.05, 3.63) is 36.2 Å². The molecular weight excluding hydrogens is 262 g/mol. The minimum absolute atomic E-state index is 0.400. The molecule has 0 aliphatic rings. The van der Waals surface area contributed by atoms with Crippen LogP contribution in [0.25, 0.3) is 0 Å². The second kappa shape index (κ2) is 5.88. The molecule has 0 bridgehead atoms. The van der Waals surface area contributed by atoms with E-state index in [9.17, 15) is 4.21 Å². The number of nitrogens with two attached hydrogens (primary N) is 1.